The average Bonchev–Trinajstić information content (AvgIpc) is 2.14. The zero-order valence-corrected chi connectivity index (χ0v) is 12.1. The van der Waals surface area contributed by atoms with Gasteiger partial charge in [0.2, 0.25) is 5.39 Å². The zero-order valence-electron chi connectivity index (χ0n) is 8.15. The maximum Gasteiger partial charge on any atom is 0.387 e. The van der Waals surface area contributed by atoms with Gasteiger partial charge in [0.25, 0.3) is 20.2 Å². The maximum atomic E-state index is 10.9. The molecule has 2 N–H and O–H groups in total. The van der Waals surface area contributed by atoms with Crippen molar-refractivity contribution in [2.24, 2.45) is 0 Å². The lowest BCUT2D eigenvalue weighted by molar-refractivity contribution is -0.0000119. The van der Waals surface area contributed by atoms with Crippen molar-refractivity contribution in [3.63, 3.8) is 0 Å². The fourth-order valence-corrected chi connectivity index (χ4v) is 2.96. The van der Waals surface area contributed by atoms with Gasteiger partial charge in [0, 0.05) is 0 Å². The van der Waals surface area contributed by atoms with E-state index in [-0.39, 0.29) is 17.0 Å². The highest BCUT2D eigenvalue weighted by Crippen LogP contribution is 2.33. The Hall–Kier alpha value is -0.770. The zero-order chi connectivity index (χ0) is 13.4. The van der Waals surface area contributed by atoms with Crippen molar-refractivity contribution in [3.05, 3.63) is 22.1 Å². The van der Waals surface area contributed by atoms with E-state index in [4.69, 9.17) is 26.1 Å². The Morgan fingerprint density at radius 2 is 1.39 bits per heavy atom. The molecule has 0 aliphatic heterocycles. The first-order chi connectivity index (χ1) is 7.57. The minimum Gasteiger partial charge on any atom is -1.00 e. The molecule has 0 saturated carbocycles. The number of hydrogen-bond acceptors (Lipinski definition) is 5. The van der Waals surface area contributed by atoms with Gasteiger partial charge >= 0.3 is 5.69 Å². The first-order valence-electron chi connectivity index (χ1n) is 3.71. The first-order valence-corrected chi connectivity index (χ1v) is 6.97. The molecule has 100 valence electrons. The van der Waals surface area contributed by atoms with Gasteiger partial charge in [-0.1, -0.05) is 11.6 Å². The summed E-state index contributed by atoms with van der Waals surface area (Å²) in [6, 6.07) is 1.26. The number of hydrogen-bond donors (Lipinski definition) is 2. The normalized spacial score (nSPS) is 11.4. The molecule has 0 atom stereocenters. The van der Waals surface area contributed by atoms with Gasteiger partial charge in [-0.3, -0.25) is 9.11 Å². The molecule has 1 aromatic rings. The Kier molecular flexibility index (Phi) is 5.24. The minimum atomic E-state index is -4.83. The molecule has 0 heterocycles. The summed E-state index contributed by atoms with van der Waals surface area (Å²) in [7, 11) is -9.65. The van der Waals surface area contributed by atoms with E-state index in [2.05, 4.69) is 4.98 Å². The van der Waals surface area contributed by atoms with E-state index >= 15 is 0 Å². The molecule has 0 aromatic heterocycles. The molecular weight excluding hydrogens is 376 g/mol. The highest BCUT2D eigenvalue weighted by molar-refractivity contribution is 7.87. The van der Waals surface area contributed by atoms with Gasteiger partial charge in [-0.15, -0.1) is 0 Å². The Balaban J connectivity index is 0.00000289. The predicted molar refractivity (Wildman–Crippen MR) is 55.8 cm³/mol. The van der Waals surface area contributed by atoms with E-state index in [0.717, 1.165) is 0 Å². The summed E-state index contributed by atoms with van der Waals surface area (Å²) in [6.07, 6.45) is 0. The van der Waals surface area contributed by atoms with Crippen LogP contribution in [0.2, 0.25) is 5.02 Å². The van der Waals surface area contributed by atoms with Crippen LogP contribution in [0.4, 0.5) is 5.69 Å². The van der Waals surface area contributed by atoms with Crippen LogP contribution in [0, 0.1) is 5.39 Å². The molecule has 12 heteroatoms. The van der Waals surface area contributed by atoms with Gasteiger partial charge in [0.05, 0.1) is 17.2 Å². The van der Waals surface area contributed by atoms with E-state index in [1.165, 1.54) is 0 Å². The lowest BCUT2D eigenvalue weighted by Crippen LogP contribution is -3.00. The van der Waals surface area contributed by atoms with Gasteiger partial charge in [0.1, 0.15) is 9.79 Å². The van der Waals surface area contributed by atoms with Crippen LogP contribution in [-0.4, -0.2) is 25.9 Å². The molecule has 0 unspecified atom stereocenters. The molecule has 0 amide bonds. The van der Waals surface area contributed by atoms with Gasteiger partial charge in [-0.25, -0.2) is 0 Å². The second-order valence-electron chi connectivity index (χ2n) is 2.81. The molecule has 0 saturated heterocycles. The van der Waals surface area contributed by atoms with E-state index in [9.17, 15) is 16.8 Å². The number of halogens is 2. The molecule has 1 aromatic carbocycles. The van der Waals surface area contributed by atoms with Crippen molar-refractivity contribution in [3.8, 4) is 0 Å². The fourth-order valence-electron chi connectivity index (χ4n) is 0.992. The molecule has 1 rings (SSSR count). The number of diazo groups is 1. The summed E-state index contributed by atoms with van der Waals surface area (Å²) in [6.45, 7) is 0. The number of rotatable bonds is 2. The third-order valence-corrected chi connectivity index (χ3v) is 4.05. The Morgan fingerprint density at radius 3 is 1.61 bits per heavy atom. The first kappa shape index (κ1) is 17.2. The topological polar surface area (TPSA) is 137 Å². The second-order valence-corrected chi connectivity index (χ2v) is 5.96. The monoisotopic (exact) mass is 378 g/mol. The molecule has 0 bridgehead atoms. The van der Waals surface area contributed by atoms with Crippen LogP contribution in [0.3, 0.4) is 0 Å². The smallest absolute Gasteiger partial charge is 0.387 e. The summed E-state index contributed by atoms with van der Waals surface area (Å²) < 4.78 is 61.0. The third kappa shape index (κ3) is 3.61. The van der Waals surface area contributed by atoms with E-state index in [1.54, 1.807) is 0 Å². The molecule has 8 nitrogen and oxygen atoms in total. The van der Waals surface area contributed by atoms with Crippen molar-refractivity contribution in [2.45, 2.75) is 9.79 Å². The SMILES string of the molecule is N#[N+]c1cc(S(=O)(=O)O)c(Cl)c(S(=O)(=O)O)c1.[Br-]. The summed E-state index contributed by atoms with van der Waals surface area (Å²) in [5, 5.41) is 7.54. The van der Waals surface area contributed by atoms with Crippen LogP contribution < -0.4 is 17.0 Å². The van der Waals surface area contributed by atoms with Crippen LogP contribution in [0.5, 0.6) is 0 Å². The largest absolute Gasteiger partial charge is 1.00 e. The van der Waals surface area contributed by atoms with Gasteiger partial charge < -0.3 is 17.0 Å². The number of nitrogens with zero attached hydrogens (tertiary/aromatic N) is 2. The standard InChI is InChI=1S/C6H3ClN2O6S2.BrH/c7-6-4(16(10,11)12)1-3(9-8)2-5(6)17(13,14)15;/h1-2H,(H-,10,11,12,13,14,15);1H. The Morgan fingerprint density at radius 1 is 1.06 bits per heavy atom. The third-order valence-electron chi connectivity index (χ3n) is 1.66. The highest BCUT2D eigenvalue weighted by Gasteiger charge is 2.28. The quantitative estimate of drug-likeness (QED) is 0.462. The van der Waals surface area contributed by atoms with Gasteiger partial charge in [-0.2, -0.15) is 16.8 Å². The van der Waals surface area contributed by atoms with Crippen LogP contribution in [-0.2, 0) is 20.2 Å². The predicted octanol–water partition coefficient (Wildman–Crippen LogP) is -1.68. The van der Waals surface area contributed by atoms with Crippen LogP contribution in [0.15, 0.2) is 21.9 Å². The second kappa shape index (κ2) is 5.47. The maximum absolute atomic E-state index is 10.9. The molecule has 0 aliphatic rings. The highest BCUT2D eigenvalue weighted by atomic mass is 79.9. The lowest BCUT2D eigenvalue weighted by atomic mass is 10.3. The molecule has 0 fully saturated rings. The Bertz CT molecular complexity index is 670. The molecule has 0 spiro atoms. The van der Waals surface area contributed by atoms with Crippen molar-refractivity contribution in [1.82, 2.24) is 0 Å². The molecule has 0 aliphatic carbocycles. The van der Waals surface area contributed by atoms with Crippen LogP contribution >= 0.6 is 11.6 Å². The molecule has 18 heavy (non-hydrogen) atoms. The van der Waals surface area contributed by atoms with Crippen molar-refractivity contribution in [1.29, 1.82) is 5.39 Å². The summed E-state index contributed by atoms with van der Waals surface area (Å²) in [5.41, 5.74) is -0.519. The van der Waals surface area contributed by atoms with Gasteiger partial charge in [-0.05, 0) is 0 Å². The van der Waals surface area contributed by atoms with E-state index in [1.807, 2.05) is 0 Å². The average molecular weight is 380 g/mol. The molecular formula is C6H4BrClN2O6S2. The Labute approximate surface area is 117 Å². The fraction of sp³-hybridized carbons (Fsp3) is 0. The van der Waals surface area contributed by atoms with E-state index < -0.39 is 40.7 Å². The summed E-state index contributed by atoms with van der Waals surface area (Å²) in [5.74, 6) is 0. The minimum absolute atomic E-state index is 0. The van der Waals surface area contributed by atoms with Crippen molar-refractivity contribution >= 4 is 37.5 Å². The van der Waals surface area contributed by atoms with Crippen LogP contribution in [0.1, 0.15) is 0 Å². The van der Waals surface area contributed by atoms with Crippen molar-refractivity contribution < 1.29 is 42.9 Å². The summed E-state index contributed by atoms with van der Waals surface area (Å²) >= 11 is 5.41. The summed E-state index contributed by atoms with van der Waals surface area (Å²) in [4.78, 5) is 0.554. The van der Waals surface area contributed by atoms with E-state index in [0.29, 0.717) is 12.1 Å². The van der Waals surface area contributed by atoms with Crippen molar-refractivity contribution in [2.75, 3.05) is 0 Å². The van der Waals surface area contributed by atoms with Gasteiger partial charge in [0.15, 0.2) is 4.98 Å². The van der Waals surface area contributed by atoms with Crippen LogP contribution in [0.25, 0.3) is 4.98 Å². The molecule has 0 radical (unpaired) electrons. The number of benzene rings is 1. The lowest BCUT2D eigenvalue weighted by Gasteiger charge is -2.02.